The smallest absolute Gasteiger partial charge is 0.337 e. The summed E-state index contributed by atoms with van der Waals surface area (Å²) in [5.74, 6) is 0.380. The van der Waals surface area contributed by atoms with Gasteiger partial charge >= 0.3 is 5.97 Å². The van der Waals surface area contributed by atoms with Gasteiger partial charge in [-0.15, -0.1) is 0 Å². The minimum atomic E-state index is -0.371. The van der Waals surface area contributed by atoms with E-state index >= 15 is 0 Å². The van der Waals surface area contributed by atoms with Gasteiger partial charge in [-0.25, -0.2) is 9.78 Å². The summed E-state index contributed by atoms with van der Waals surface area (Å²) in [4.78, 5) is 16.3. The molecule has 4 aromatic rings. The molecule has 0 fully saturated rings. The first-order valence-corrected chi connectivity index (χ1v) is 9.37. The number of hydrogen-bond acceptors (Lipinski definition) is 5. The van der Waals surface area contributed by atoms with Crippen LogP contribution in [0.25, 0.3) is 33.4 Å². The SMILES string of the molecule is CC.COC(=O)c1cccc(-c2cnc3n[nH]c(-c4ccccc4OC)c3c2)c1. The number of fused-ring (bicyclic) bond motifs is 1. The van der Waals surface area contributed by atoms with Gasteiger partial charge in [0.15, 0.2) is 5.65 Å². The van der Waals surface area contributed by atoms with E-state index in [0.717, 1.165) is 33.5 Å². The molecular weight excluding hydrogens is 366 g/mol. The maximum atomic E-state index is 11.8. The monoisotopic (exact) mass is 389 g/mol. The Hall–Kier alpha value is -3.67. The van der Waals surface area contributed by atoms with Crippen molar-refractivity contribution >= 4 is 17.0 Å². The average Bonchev–Trinajstić information content (AvgIpc) is 3.23. The van der Waals surface area contributed by atoms with E-state index in [2.05, 4.69) is 15.2 Å². The lowest BCUT2D eigenvalue weighted by molar-refractivity contribution is 0.0601. The van der Waals surface area contributed by atoms with Crippen molar-refractivity contribution in [2.24, 2.45) is 0 Å². The fraction of sp³-hybridized carbons (Fsp3) is 0.174. The third-order valence-corrected chi connectivity index (χ3v) is 4.40. The molecule has 0 radical (unpaired) electrons. The number of carbonyl (C=O) groups excluding carboxylic acids is 1. The number of nitrogens with zero attached hydrogens (tertiary/aromatic N) is 2. The Morgan fingerprint density at radius 3 is 2.52 bits per heavy atom. The fourth-order valence-electron chi connectivity index (χ4n) is 3.06. The molecule has 6 nitrogen and oxygen atoms in total. The van der Waals surface area contributed by atoms with Crippen LogP contribution in [0.4, 0.5) is 0 Å². The van der Waals surface area contributed by atoms with Gasteiger partial charge in [-0.2, -0.15) is 5.10 Å². The van der Waals surface area contributed by atoms with Crippen molar-refractivity contribution in [2.75, 3.05) is 14.2 Å². The van der Waals surface area contributed by atoms with Crippen LogP contribution < -0.4 is 4.74 Å². The van der Waals surface area contributed by atoms with E-state index < -0.39 is 0 Å². The molecular formula is C23H23N3O3. The van der Waals surface area contributed by atoms with Crippen LogP contribution in [0.15, 0.2) is 60.8 Å². The molecule has 29 heavy (non-hydrogen) atoms. The van der Waals surface area contributed by atoms with Gasteiger partial charge in [-0.05, 0) is 35.9 Å². The van der Waals surface area contributed by atoms with Crippen LogP contribution in [0.1, 0.15) is 24.2 Å². The van der Waals surface area contributed by atoms with E-state index in [-0.39, 0.29) is 5.97 Å². The Balaban J connectivity index is 0.00000117. The highest BCUT2D eigenvalue weighted by atomic mass is 16.5. The molecule has 0 saturated heterocycles. The second-order valence-corrected chi connectivity index (χ2v) is 5.97. The van der Waals surface area contributed by atoms with Crippen molar-refractivity contribution in [3.8, 4) is 28.1 Å². The maximum absolute atomic E-state index is 11.8. The zero-order chi connectivity index (χ0) is 20.8. The zero-order valence-electron chi connectivity index (χ0n) is 16.9. The van der Waals surface area contributed by atoms with Crippen LogP contribution in [0.2, 0.25) is 0 Å². The lowest BCUT2D eigenvalue weighted by Crippen LogP contribution is -2.00. The van der Waals surface area contributed by atoms with E-state index in [4.69, 9.17) is 9.47 Å². The first-order chi connectivity index (χ1) is 14.2. The summed E-state index contributed by atoms with van der Waals surface area (Å²) < 4.78 is 10.3. The minimum Gasteiger partial charge on any atom is -0.496 e. The normalized spacial score (nSPS) is 10.2. The number of carbonyl (C=O) groups is 1. The van der Waals surface area contributed by atoms with Crippen LogP contribution >= 0.6 is 0 Å². The van der Waals surface area contributed by atoms with Crippen molar-refractivity contribution in [1.29, 1.82) is 0 Å². The highest BCUT2D eigenvalue weighted by molar-refractivity contribution is 5.95. The maximum Gasteiger partial charge on any atom is 0.337 e. The van der Waals surface area contributed by atoms with Crippen molar-refractivity contribution < 1.29 is 14.3 Å². The highest BCUT2D eigenvalue weighted by Crippen LogP contribution is 2.34. The lowest BCUT2D eigenvalue weighted by atomic mass is 10.0. The van der Waals surface area contributed by atoms with E-state index in [0.29, 0.717) is 11.2 Å². The standard InChI is InChI=1S/C21H17N3O3.C2H6/c1-26-18-9-4-3-8-16(18)19-17-11-15(12-22-20(17)24-23-19)13-6-5-7-14(10-13)21(25)27-2;1-2/h3-12H,1-2H3,(H,22,23,24);1-2H3. The number of hydrogen-bond donors (Lipinski definition) is 1. The Morgan fingerprint density at radius 2 is 1.76 bits per heavy atom. The largest absolute Gasteiger partial charge is 0.496 e. The number of H-pyrrole nitrogens is 1. The fourth-order valence-corrected chi connectivity index (χ4v) is 3.06. The van der Waals surface area contributed by atoms with E-state index in [1.165, 1.54) is 7.11 Å². The number of aromatic amines is 1. The first-order valence-electron chi connectivity index (χ1n) is 9.37. The van der Waals surface area contributed by atoms with Gasteiger partial charge in [0.1, 0.15) is 5.75 Å². The molecule has 0 unspecified atom stereocenters. The molecule has 0 amide bonds. The quantitative estimate of drug-likeness (QED) is 0.491. The topological polar surface area (TPSA) is 77.1 Å². The van der Waals surface area contributed by atoms with Crippen molar-refractivity contribution in [1.82, 2.24) is 15.2 Å². The number of ether oxygens (including phenoxy) is 2. The molecule has 0 saturated carbocycles. The number of pyridine rings is 1. The van der Waals surface area contributed by atoms with E-state index in [1.807, 2.05) is 56.3 Å². The third-order valence-electron chi connectivity index (χ3n) is 4.40. The number of nitrogens with one attached hydrogen (secondary N) is 1. The summed E-state index contributed by atoms with van der Waals surface area (Å²) in [5.41, 5.74) is 4.60. The Kier molecular flexibility index (Phi) is 6.24. The van der Waals surface area contributed by atoms with Gasteiger partial charge in [0, 0.05) is 22.7 Å². The minimum absolute atomic E-state index is 0.371. The van der Waals surface area contributed by atoms with Gasteiger partial charge in [-0.1, -0.05) is 38.1 Å². The molecule has 4 rings (SSSR count). The molecule has 0 aliphatic carbocycles. The molecule has 0 aliphatic rings. The third kappa shape index (κ3) is 3.96. The molecule has 2 aromatic heterocycles. The van der Waals surface area contributed by atoms with E-state index in [1.54, 1.807) is 25.4 Å². The molecule has 1 N–H and O–H groups in total. The van der Waals surface area contributed by atoms with Crippen LogP contribution in [0.3, 0.4) is 0 Å². The number of rotatable bonds is 4. The first kappa shape index (κ1) is 20.1. The molecule has 0 aliphatic heterocycles. The predicted octanol–water partition coefficient (Wildman–Crippen LogP) is 5.11. The molecule has 0 spiro atoms. The van der Waals surface area contributed by atoms with Crippen LogP contribution in [0.5, 0.6) is 5.75 Å². The molecule has 2 heterocycles. The second-order valence-electron chi connectivity index (χ2n) is 5.97. The van der Waals surface area contributed by atoms with Gasteiger partial charge in [0.05, 0.1) is 25.5 Å². The summed E-state index contributed by atoms with van der Waals surface area (Å²) in [6, 6.07) is 17.0. The van der Waals surface area contributed by atoms with Crippen molar-refractivity contribution in [2.45, 2.75) is 13.8 Å². The number of benzene rings is 2. The van der Waals surface area contributed by atoms with Gasteiger partial charge in [0.2, 0.25) is 0 Å². The number of para-hydroxylation sites is 1. The molecule has 6 heteroatoms. The van der Waals surface area contributed by atoms with Crippen molar-refractivity contribution in [3.63, 3.8) is 0 Å². The number of aromatic nitrogens is 3. The van der Waals surface area contributed by atoms with Crippen molar-refractivity contribution in [3.05, 3.63) is 66.4 Å². The number of methoxy groups -OCH3 is 2. The molecule has 148 valence electrons. The van der Waals surface area contributed by atoms with Gasteiger partial charge in [0.25, 0.3) is 0 Å². The molecule has 0 bridgehead atoms. The van der Waals surface area contributed by atoms with E-state index in [9.17, 15) is 4.79 Å². The summed E-state index contributed by atoms with van der Waals surface area (Å²) >= 11 is 0. The molecule has 2 aromatic carbocycles. The summed E-state index contributed by atoms with van der Waals surface area (Å²) in [7, 11) is 3.01. The Morgan fingerprint density at radius 1 is 0.966 bits per heavy atom. The summed E-state index contributed by atoms with van der Waals surface area (Å²) in [5, 5.41) is 8.23. The number of esters is 1. The summed E-state index contributed by atoms with van der Waals surface area (Å²) in [6.45, 7) is 4.00. The average molecular weight is 389 g/mol. The Labute approximate surface area is 169 Å². The predicted molar refractivity (Wildman–Crippen MR) is 114 cm³/mol. The van der Waals surface area contributed by atoms with Crippen LogP contribution in [-0.2, 0) is 4.74 Å². The lowest BCUT2D eigenvalue weighted by Gasteiger charge is -2.07. The van der Waals surface area contributed by atoms with Crippen LogP contribution in [-0.4, -0.2) is 35.4 Å². The van der Waals surface area contributed by atoms with Crippen LogP contribution in [0, 0.1) is 0 Å². The summed E-state index contributed by atoms with van der Waals surface area (Å²) in [6.07, 6.45) is 1.74. The Bertz CT molecular complexity index is 1140. The highest BCUT2D eigenvalue weighted by Gasteiger charge is 2.14. The second kappa shape index (κ2) is 9.01. The zero-order valence-corrected chi connectivity index (χ0v) is 16.9. The van der Waals surface area contributed by atoms with Gasteiger partial charge < -0.3 is 9.47 Å². The molecule has 0 atom stereocenters. The van der Waals surface area contributed by atoms with Gasteiger partial charge in [-0.3, -0.25) is 5.10 Å².